The van der Waals surface area contributed by atoms with E-state index in [4.69, 9.17) is 0 Å². The number of allylic oxidation sites excluding steroid dienone is 1. The Kier molecular flexibility index (Phi) is 5.66. The molecule has 1 saturated carbocycles. The fraction of sp³-hybridized carbons (Fsp3) is 0.500. The van der Waals surface area contributed by atoms with Gasteiger partial charge in [-0.15, -0.1) is 0 Å². The van der Waals surface area contributed by atoms with Crippen molar-refractivity contribution >= 4 is 12.0 Å². The van der Waals surface area contributed by atoms with Crippen LogP contribution >= 0.6 is 0 Å². The number of aromatic nitrogens is 1. The topological polar surface area (TPSA) is 65.5 Å². The fourth-order valence-electron chi connectivity index (χ4n) is 6.38. The molecule has 2 N–H and O–H groups in total. The van der Waals surface area contributed by atoms with Crippen molar-refractivity contribution in [3.05, 3.63) is 71.1 Å². The minimum atomic E-state index is -0.694. The number of rotatable bonds is 5. The van der Waals surface area contributed by atoms with Crippen LogP contribution in [-0.2, 0) is 16.8 Å². The molecule has 2 aliphatic carbocycles. The lowest BCUT2D eigenvalue weighted by Crippen LogP contribution is -2.63. The van der Waals surface area contributed by atoms with Crippen LogP contribution in [0.4, 0.5) is 0 Å². The summed E-state index contributed by atoms with van der Waals surface area (Å²) in [6.45, 7) is 8.62. The van der Waals surface area contributed by atoms with Gasteiger partial charge < -0.3 is 10.4 Å². The summed E-state index contributed by atoms with van der Waals surface area (Å²) < 4.78 is 0. The number of fused-ring (bicyclic) bond motifs is 2. The van der Waals surface area contributed by atoms with E-state index in [1.54, 1.807) is 13.1 Å². The average molecular weight is 446 g/mol. The normalized spacial score (nSPS) is 31.8. The van der Waals surface area contributed by atoms with Crippen LogP contribution in [0.15, 0.2) is 48.8 Å². The Bertz CT molecular complexity index is 1070. The SMILES string of the molecule is Cc1cncc(CNC(=O)[C@]2(C(C)O)C[C@H](N3CC[C@@]4(C=Cc5ccccc54)[C@@H](C)C3)C2)c1. The van der Waals surface area contributed by atoms with Gasteiger partial charge in [-0.3, -0.25) is 14.7 Å². The third-order valence-corrected chi connectivity index (χ3v) is 8.58. The summed E-state index contributed by atoms with van der Waals surface area (Å²) in [5.74, 6) is 0.472. The van der Waals surface area contributed by atoms with Crippen molar-refractivity contribution in [2.24, 2.45) is 11.3 Å². The molecule has 174 valence electrons. The molecule has 3 aliphatic rings. The van der Waals surface area contributed by atoms with Gasteiger partial charge >= 0.3 is 0 Å². The van der Waals surface area contributed by atoms with Gasteiger partial charge in [0.2, 0.25) is 5.91 Å². The predicted octanol–water partition coefficient (Wildman–Crippen LogP) is 3.84. The van der Waals surface area contributed by atoms with Crippen LogP contribution in [-0.4, -0.2) is 46.1 Å². The average Bonchev–Trinajstić information content (AvgIpc) is 3.13. The number of pyridine rings is 1. The molecule has 3 atom stereocenters. The van der Waals surface area contributed by atoms with E-state index in [9.17, 15) is 9.90 Å². The van der Waals surface area contributed by atoms with Gasteiger partial charge in [0.15, 0.2) is 0 Å². The molecule has 1 unspecified atom stereocenters. The molecule has 33 heavy (non-hydrogen) atoms. The third-order valence-electron chi connectivity index (χ3n) is 8.58. The maximum atomic E-state index is 13.2. The smallest absolute Gasteiger partial charge is 0.229 e. The van der Waals surface area contributed by atoms with Crippen LogP contribution in [0.3, 0.4) is 0 Å². The molecule has 0 bridgehead atoms. The molecule has 1 amide bonds. The number of carbonyl (C=O) groups is 1. The molecular weight excluding hydrogens is 410 g/mol. The highest BCUT2D eigenvalue weighted by Gasteiger charge is 2.56. The maximum absolute atomic E-state index is 13.2. The summed E-state index contributed by atoms with van der Waals surface area (Å²) in [5, 5.41) is 13.6. The number of nitrogens with zero attached hydrogens (tertiary/aromatic N) is 2. The second-order valence-electron chi connectivity index (χ2n) is 10.6. The fourth-order valence-corrected chi connectivity index (χ4v) is 6.38. The number of carbonyl (C=O) groups excluding carboxylic acids is 1. The summed E-state index contributed by atoms with van der Waals surface area (Å²) in [5.41, 5.74) is 4.33. The molecule has 1 aromatic carbocycles. The van der Waals surface area contributed by atoms with Crippen molar-refractivity contribution in [1.29, 1.82) is 0 Å². The van der Waals surface area contributed by atoms with E-state index in [1.807, 2.05) is 19.2 Å². The molecule has 5 nitrogen and oxygen atoms in total. The van der Waals surface area contributed by atoms with Crippen LogP contribution in [0.1, 0.15) is 55.4 Å². The first-order chi connectivity index (χ1) is 15.8. The lowest BCUT2D eigenvalue weighted by atomic mass is 9.60. The number of piperidine rings is 1. The van der Waals surface area contributed by atoms with Gasteiger partial charge in [0, 0.05) is 36.9 Å². The van der Waals surface area contributed by atoms with Crippen molar-refractivity contribution in [2.45, 2.75) is 64.1 Å². The third kappa shape index (κ3) is 3.71. The van der Waals surface area contributed by atoms with Crippen molar-refractivity contribution in [3.63, 3.8) is 0 Å². The predicted molar refractivity (Wildman–Crippen MR) is 130 cm³/mol. The number of likely N-dealkylation sites (tertiary alicyclic amines) is 1. The van der Waals surface area contributed by atoms with Crippen molar-refractivity contribution < 1.29 is 9.90 Å². The largest absolute Gasteiger partial charge is 0.392 e. The summed E-state index contributed by atoms with van der Waals surface area (Å²) in [6, 6.07) is 11.2. The lowest BCUT2D eigenvalue weighted by molar-refractivity contribution is -0.155. The highest BCUT2D eigenvalue weighted by Crippen LogP contribution is 2.51. The van der Waals surface area contributed by atoms with Gasteiger partial charge in [-0.1, -0.05) is 49.4 Å². The zero-order valence-corrected chi connectivity index (χ0v) is 19.9. The Hall–Kier alpha value is -2.50. The van der Waals surface area contributed by atoms with Gasteiger partial charge in [0.1, 0.15) is 0 Å². The number of nitrogens with one attached hydrogen (secondary N) is 1. The first-order valence-electron chi connectivity index (χ1n) is 12.2. The van der Waals surface area contributed by atoms with E-state index in [2.05, 4.69) is 58.5 Å². The zero-order chi connectivity index (χ0) is 23.2. The Morgan fingerprint density at radius 2 is 2.09 bits per heavy atom. The molecule has 1 spiro atoms. The molecule has 5 rings (SSSR count). The Morgan fingerprint density at radius 1 is 1.30 bits per heavy atom. The van der Waals surface area contributed by atoms with Crippen LogP contribution in [0.5, 0.6) is 0 Å². The monoisotopic (exact) mass is 445 g/mol. The van der Waals surface area contributed by atoms with Gasteiger partial charge in [0.25, 0.3) is 0 Å². The minimum Gasteiger partial charge on any atom is -0.392 e. The second kappa shape index (κ2) is 8.37. The van der Waals surface area contributed by atoms with Crippen LogP contribution in [0, 0.1) is 18.3 Å². The van der Waals surface area contributed by atoms with Gasteiger partial charge in [-0.05, 0) is 67.8 Å². The van der Waals surface area contributed by atoms with Crippen LogP contribution < -0.4 is 5.32 Å². The molecule has 5 heteroatoms. The summed E-state index contributed by atoms with van der Waals surface area (Å²) in [4.78, 5) is 19.9. The minimum absolute atomic E-state index is 0.0376. The maximum Gasteiger partial charge on any atom is 0.229 e. The van der Waals surface area contributed by atoms with Gasteiger partial charge in [-0.25, -0.2) is 0 Å². The second-order valence-corrected chi connectivity index (χ2v) is 10.6. The van der Waals surface area contributed by atoms with E-state index >= 15 is 0 Å². The quantitative estimate of drug-likeness (QED) is 0.734. The number of aryl methyl sites for hydroxylation is 1. The number of amides is 1. The van der Waals surface area contributed by atoms with E-state index in [0.29, 0.717) is 31.3 Å². The Balaban J connectivity index is 1.22. The molecular formula is C28H35N3O2. The molecule has 2 fully saturated rings. The Labute approximate surface area is 196 Å². The van der Waals surface area contributed by atoms with Gasteiger partial charge in [0.05, 0.1) is 11.5 Å². The van der Waals surface area contributed by atoms with Crippen molar-refractivity contribution in [3.8, 4) is 0 Å². The molecule has 2 heterocycles. The standard InChI is InChI=1S/C28H35N3O2/c1-19-12-22(16-29-15-19)17-30-26(33)28(21(3)32)13-24(14-28)31-11-10-27(20(2)18-31)9-8-23-6-4-5-7-25(23)27/h4-9,12,15-16,20-21,24,32H,10-11,13-14,17-18H2,1-3H3,(H,30,33)/t20-,21?,24-,27-,28+/m0/s1. The molecule has 2 aromatic rings. The summed E-state index contributed by atoms with van der Waals surface area (Å²) in [7, 11) is 0. The first kappa shape index (κ1) is 22.3. The van der Waals surface area contributed by atoms with E-state index < -0.39 is 11.5 Å². The number of benzene rings is 1. The Morgan fingerprint density at radius 3 is 2.82 bits per heavy atom. The van der Waals surface area contributed by atoms with Crippen molar-refractivity contribution in [1.82, 2.24) is 15.2 Å². The molecule has 1 saturated heterocycles. The summed E-state index contributed by atoms with van der Waals surface area (Å²) in [6.07, 6.45) is 10.2. The van der Waals surface area contributed by atoms with E-state index in [1.165, 1.54) is 11.1 Å². The zero-order valence-electron chi connectivity index (χ0n) is 19.9. The number of aliphatic hydroxyl groups is 1. The first-order valence-corrected chi connectivity index (χ1v) is 12.2. The van der Waals surface area contributed by atoms with Gasteiger partial charge in [-0.2, -0.15) is 0 Å². The molecule has 1 aliphatic heterocycles. The summed E-state index contributed by atoms with van der Waals surface area (Å²) >= 11 is 0. The number of aliphatic hydroxyl groups excluding tert-OH is 1. The van der Waals surface area contributed by atoms with E-state index in [-0.39, 0.29) is 11.3 Å². The van der Waals surface area contributed by atoms with E-state index in [0.717, 1.165) is 30.6 Å². The number of hydrogen-bond acceptors (Lipinski definition) is 4. The molecule has 1 aromatic heterocycles. The highest BCUT2D eigenvalue weighted by molar-refractivity contribution is 5.84. The van der Waals surface area contributed by atoms with Crippen molar-refractivity contribution in [2.75, 3.05) is 13.1 Å². The lowest BCUT2D eigenvalue weighted by Gasteiger charge is -2.55. The molecule has 0 radical (unpaired) electrons. The van der Waals surface area contributed by atoms with Crippen LogP contribution in [0.25, 0.3) is 6.08 Å². The highest BCUT2D eigenvalue weighted by atomic mass is 16.3. The van der Waals surface area contributed by atoms with Crippen LogP contribution in [0.2, 0.25) is 0 Å². The number of hydrogen-bond donors (Lipinski definition) is 2.